The molecule has 2 amide bonds. The van der Waals surface area contributed by atoms with E-state index in [1.54, 1.807) is 11.8 Å². The van der Waals surface area contributed by atoms with Gasteiger partial charge in [-0.3, -0.25) is 9.36 Å². The number of likely N-dealkylation sites (tertiary alicyclic amines) is 1. The van der Waals surface area contributed by atoms with Crippen molar-refractivity contribution in [2.24, 2.45) is 5.92 Å². The molecule has 6 rings (SSSR count). The van der Waals surface area contributed by atoms with E-state index in [2.05, 4.69) is 51.7 Å². The molecule has 4 aromatic rings. The molecule has 2 fully saturated rings. The number of aromatic nitrogens is 4. The Labute approximate surface area is 284 Å². The number of nitrogens with one attached hydrogen (secondary N) is 2. The molecule has 13 heteroatoms. The average Bonchev–Trinajstić information content (AvgIpc) is 3.69. The molecule has 4 atom stereocenters. The number of aliphatic hydroxyl groups is 2. The Morgan fingerprint density at radius 1 is 1.02 bits per heavy atom. The number of hydrogen-bond donors (Lipinski definition) is 4. The summed E-state index contributed by atoms with van der Waals surface area (Å²) in [6, 6.07) is 20.4. The van der Waals surface area contributed by atoms with E-state index in [0.29, 0.717) is 55.5 Å². The first kappa shape index (κ1) is 33.9. The van der Waals surface area contributed by atoms with Crippen LogP contribution < -0.4 is 10.6 Å². The van der Waals surface area contributed by atoms with Crippen molar-refractivity contribution in [1.82, 2.24) is 29.7 Å². The highest BCUT2D eigenvalue weighted by atomic mass is 16.6. The topological polar surface area (TPSA) is 164 Å². The van der Waals surface area contributed by atoms with Crippen molar-refractivity contribution < 1.29 is 29.3 Å². The van der Waals surface area contributed by atoms with Gasteiger partial charge >= 0.3 is 6.09 Å². The molecule has 0 aliphatic carbocycles. The maximum Gasteiger partial charge on any atom is 0.409 e. The van der Waals surface area contributed by atoms with Gasteiger partial charge in [-0.1, -0.05) is 66.6 Å². The van der Waals surface area contributed by atoms with Crippen molar-refractivity contribution >= 4 is 29.0 Å². The Bertz CT molecular complexity index is 1760. The number of carbonyl (C=O) groups excluding carboxylic acids is 2. The summed E-state index contributed by atoms with van der Waals surface area (Å²) in [7, 11) is 1.39. The summed E-state index contributed by atoms with van der Waals surface area (Å²) in [6.45, 7) is 3.83. The number of rotatable bonds is 9. The van der Waals surface area contributed by atoms with E-state index in [0.717, 1.165) is 24.0 Å². The number of methoxy groups -OCH3 is 1. The van der Waals surface area contributed by atoms with Gasteiger partial charge in [0.25, 0.3) is 5.91 Å². The molecular weight excluding hydrogens is 626 g/mol. The van der Waals surface area contributed by atoms with Gasteiger partial charge in [0, 0.05) is 38.5 Å². The van der Waals surface area contributed by atoms with E-state index in [-0.39, 0.29) is 17.8 Å². The summed E-state index contributed by atoms with van der Waals surface area (Å²) in [6.07, 6.45) is -1.87. The van der Waals surface area contributed by atoms with Crippen molar-refractivity contribution in [3.8, 4) is 11.8 Å². The monoisotopic (exact) mass is 667 g/mol. The second-order valence-electron chi connectivity index (χ2n) is 12.2. The summed E-state index contributed by atoms with van der Waals surface area (Å²) in [4.78, 5) is 40.2. The molecular formula is C36H41N7O6. The van der Waals surface area contributed by atoms with Crippen LogP contribution in [0.3, 0.4) is 0 Å². The van der Waals surface area contributed by atoms with Crippen molar-refractivity contribution in [2.45, 2.75) is 56.6 Å². The van der Waals surface area contributed by atoms with Crippen LogP contribution in [0.15, 0.2) is 67.0 Å². The lowest BCUT2D eigenvalue weighted by molar-refractivity contribution is -0.137. The third-order valence-corrected chi connectivity index (χ3v) is 9.06. The summed E-state index contributed by atoms with van der Waals surface area (Å²) in [5, 5.41) is 27.8. The van der Waals surface area contributed by atoms with E-state index in [9.17, 15) is 19.8 Å². The molecule has 2 aliphatic heterocycles. The van der Waals surface area contributed by atoms with E-state index in [1.165, 1.54) is 18.0 Å². The zero-order valence-corrected chi connectivity index (χ0v) is 27.5. The zero-order chi connectivity index (χ0) is 34.3. The number of imidazole rings is 1. The molecule has 4 heterocycles. The fraction of sp³-hybridized carbons (Fsp3) is 0.417. The first-order valence-corrected chi connectivity index (χ1v) is 16.6. The van der Waals surface area contributed by atoms with Gasteiger partial charge in [-0.15, -0.1) is 0 Å². The van der Waals surface area contributed by atoms with Crippen LogP contribution in [0.2, 0.25) is 0 Å². The standard InChI is InChI=1S/C36H41N7O6/c1-3-37-34(46)31-29(44)30(45)35(49-31)43-22-39-28-32(38-21-26(24-12-6-4-7-13-24)25-14-8-5-9-15-25)40-27(41-33(28)43)16-10-11-23-17-19-42(20-18-23)36(47)48-2/h4-9,12-15,22-23,26,29-31,35,44-45H,3,11,17-21H2,1-2H3,(H,37,46)(H,38,40,41)/t29-,30?,31+,35-/m1/s1. The minimum absolute atomic E-state index is 0.00661. The first-order chi connectivity index (χ1) is 23.9. The normalized spacial score (nSPS) is 21.0. The number of amides is 2. The number of hydrogen-bond acceptors (Lipinski definition) is 10. The molecule has 13 nitrogen and oxygen atoms in total. The largest absolute Gasteiger partial charge is 0.453 e. The van der Waals surface area contributed by atoms with Crippen LogP contribution in [0.1, 0.15) is 55.3 Å². The second-order valence-corrected chi connectivity index (χ2v) is 12.2. The Hall–Kier alpha value is -5.03. The molecule has 1 unspecified atom stereocenters. The van der Waals surface area contributed by atoms with E-state index in [1.807, 2.05) is 36.4 Å². The van der Waals surface area contributed by atoms with Crippen LogP contribution in [0.5, 0.6) is 0 Å². The van der Waals surface area contributed by atoms with Gasteiger partial charge in [0.15, 0.2) is 29.3 Å². The number of anilines is 1. The second kappa shape index (κ2) is 15.5. The highest BCUT2D eigenvalue weighted by Gasteiger charge is 2.47. The summed E-state index contributed by atoms with van der Waals surface area (Å²) in [5.74, 6) is 6.83. The van der Waals surface area contributed by atoms with Crippen LogP contribution in [0, 0.1) is 17.8 Å². The highest BCUT2D eigenvalue weighted by molar-refractivity contribution is 5.84. The lowest BCUT2D eigenvalue weighted by Crippen LogP contribution is -2.42. The molecule has 2 aromatic heterocycles. The van der Waals surface area contributed by atoms with Crippen LogP contribution >= 0.6 is 0 Å². The summed E-state index contributed by atoms with van der Waals surface area (Å²) in [5.41, 5.74) is 3.01. The number of fused-ring (bicyclic) bond motifs is 1. The lowest BCUT2D eigenvalue weighted by Gasteiger charge is -2.29. The molecule has 0 saturated carbocycles. The van der Waals surface area contributed by atoms with Gasteiger partial charge in [0.05, 0.1) is 13.4 Å². The molecule has 0 spiro atoms. The molecule has 2 aliphatic rings. The van der Waals surface area contributed by atoms with Gasteiger partial charge in [-0.2, -0.15) is 0 Å². The molecule has 0 bridgehead atoms. The average molecular weight is 668 g/mol. The fourth-order valence-electron chi connectivity index (χ4n) is 6.38. The third-order valence-electron chi connectivity index (χ3n) is 9.06. The van der Waals surface area contributed by atoms with Crippen LogP contribution in [0.25, 0.3) is 11.2 Å². The first-order valence-electron chi connectivity index (χ1n) is 16.6. The van der Waals surface area contributed by atoms with E-state index in [4.69, 9.17) is 19.4 Å². The van der Waals surface area contributed by atoms with Crippen LogP contribution in [0.4, 0.5) is 10.6 Å². The van der Waals surface area contributed by atoms with Crippen LogP contribution in [-0.2, 0) is 14.3 Å². The minimum atomic E-state index is -1.45. The maximum atomic E-state index is 12.6. The maximum absolute atomic E-state index is 12.6. The van der Waals surface area contributed by atoms with Gasteiger partial charge < -0.3 is 35.2 Å². The molecule has 2 saturated heterocycles. The number of aliphatic hydroxyl groups excluding tert-OH is 2. The molecule has 0 radical (unpaired) electrons. The quantitative estimate of drug-likeness (QED) is 0.195. The number of likely N-dealkylation sites (N-methyl/N-ethyl adjacent to an activating group) is 1. The number of ether oxygens (including phenoxy) is 2. The predicted molar refractivity (Wildman–Crippen MR) is 181 cm³/mol. The number of carbonyl (C=O) groups is 2. The SMILES string of the molecule is CCNC(=O)[C@H]1O[C@@H](n2cnc3c(NCC(c4ccccc4)c4ccccc4)nc(C#CCC4CCN(C(=O)OC)CC4)nc32)C(O)[C@H]1O. The van der Waals surface area contributed by atoms with Gasteiger partial charge in [0.1, 0.15) is 12.2 Å². The van der Waals surface area contributed by atoms with Crippen LogP contribution in [-0.4, -0.2) is 98.2 Å². The van der Waals surface area contributed by atoms with Gasteiger partial charge in [0.2, 0.25) is 5.82 Å². The predicted octanol–water partition coefficient (Wildman–Crippen LogP) is 3.05. The van der Waals surface area contributed by atoms with Gasteiger partial charge in [-0.25, -0.2) is 19.7 Å². The molecule has 49 heavy (non-hydrogen) atoms. The lowest BCUT2D eigenvalue weighted by atomic mass is 9.91. The molecule has 2 aromatic carbocycles. The zero-order valence-electron chi connectivity index (χ0n) is 27.5. The minimum Gasteiger partial charge on any atom is -0.453 e. The van der Waals surface area contributed by atoms with E-state index >= 15 is 0 Å². The Kier molecular flexibility index (Phi) is 10.7. The number of piperidine rings is 1. The van der Waals surface area contributed by atoms with Crippen molar-refractivity contribution in [3.05, 3.63) is 83.9 Å². The summed E-state index contributed by atoms with van der Waals surface area (Å²) < 4.78 is 12.3. The Morgan fingerprint density at radius 3 is 2.33 bits per heavy atom. The Morgan fingerprint density at radius 2 is 1.69 bits per heavy atom. The smallest absolute Gasteiger partial charge is 0.409 e. The number of benzene rings is 2. The molecule has 4 N–H and O–H groups in total. The van der Waals surface area contributed by atoms with Gasteiger partial charge in [-0.05, 0) is 42.7 Å². The summed E-state index contributed by atoms with van der Waals surface area (Å²) >= 11 is 0. The fourth-order valence-corrected chi connectivity index (χ4v) is 6.38. The highest BCUT2D eigenvalue weighted by Crippen LogP contribution is 2.33. The van der Waals surface area contributed by atoms with Crippen molar-refractivity contribution in [3.63, 3.8) is 0 Å². The Balaban J connectivity index is 1.30. The van der Waals surface area contributed by atoms with Crippen molar-refractivity contribution in [1.29, 1.82) is 0 Å². The number of nitrogens with zero attached hydrogens (tertiary/aromatic N) is 5. The van der Waals surface area contributed by atoms with E-state index < -0.39 is 30.4 Å². The van der Waals surface area contributed by atoms with Crippen molar-refractivity contribution in [2.75, 3.05) is 38.6 Å². The molecule has 256 valence electrons. The third kappa shape index (κ3) is 7.51.